The molecule has 0 bridgehead atoms. The number of hydrogen-bond donors (Lipinski definition) is 1. The molecule has 3 aliphatic heterocycles. The predicted molar refractivity (Wildman–Crippen MR) is 93.5 cm³/mol. The smallest absolute Gasteiger partial charge is 0.234 e. The van der Waals surface area contributed by atoms with Gasteiger partial charge in [0.25, 0.3) is 0 Å². The number of hydrogen-bond acceptors (Lipinski definition) is 4. The molecule has 0 aromatic rings. The van der Waals surface area contributed by atoms with Crippen LogP contribution in [0, 0.1) is 5.92 Å². The van der Waals surface area contributed by atoms with Crippen LogP contribution in [0.15, 0.2) is 0 Å². The van der Waals surface area contributed by atoms with Crippen LogP contribution in [0.2, 0.25) is 0 Å². The van der Waals surface area contributed by atoms with Crippen LogP contribution < -0.4 is 5.73 Å². The first-order valence-corrected chi connectivity index (χ1v) is 9.56. The second kappa shape index (κ2) is 7.72. The molecule has 3 aliphatic rings. The van der Waals surface area contributed by atoms with E-state index in [9.17, 15) is 14.4 Å². The fraction of sp³-hybridized carbons (Fsp3) is 0.833. The first kappa shape index (κ1) is 18.2. The Bertz CT molecular complexity index is 522. The molecular weight excluding hydrogens is 320 g/mol. The zero-order valence-corrected chi connectivity index (χ0v) is 15.2. The Morgan fingerprint density at radius 2 is 1.44 bits per heavy atom. The lowest BCUT2D eigenvalue weighted by atomic mass is 9.93. The summed E-state index contributed by atoms with van der Waals surface area (Å²) in [6.45, 7) is 5.43. The van der Waals surface area contributed by atoms with E-state index in [4.69, 9.17) is 5.73 Å². The van der Waals surface area contributed by atoms with Crippen LogP contribution in [0.1, 0.15) is 45.4 Å². The van der Waals surface area contributed by atoms with Crippen molar-refractivity contribution in [2.45, 2.75) is 57.5 Å². The Morgan fingerprint density at radius 1 is 0.840 bits per heavy atom. The number of nitrogens with two attached hydrogens (primary N) is 1. The maximum Gasteiger partial charge on any atom is 0.234 e. The maximum absolute atomic E-state index is 12.8. The molecular formula is C18H30N4O3. The van der Waals surface area contributed by atoms with Crippen molar-refractivity contribution in [3.05, 3.63) is 0 Å². The minimum atomic E-state index is -0.215. The van der Waals surface area contributed by atoms with Crippen molar-refractivity contribution in [2.24, 2.45) is 11.7 Å². The van der Waals surface area contributed by atoms with E-state index in [-0.39, 0.29) is 29.7 Å². The molecule has 140 valence electrons. The number of carbonyl (C=O) groups excluding carboxylic acids is 3. The molecule has 3 heterocycles. The topological polar surface area (TPSA) is 87.0 Å². The summed E-state index contributed by atoms with van der Waals surface area (Å²) in [5.41, 5.74) is 5.53. The van der Waals surface area contributed by atoms with E-state index in [1.54, 1.807) is 6.92 Å². The van der Waals surface area contributed by atoms with Gasteiger partial charge < -0.3 is 15.5 Å². The SMILES string of the molecule is CC(=O)N1CCC(C(=O)N2CCC(N3CCCC3C(N)=O)CC2)CC1. The zero-order valence-electron chi connectivity index (χ0n) is 15.2. The molecule has 0 saturated carbocycles. The van der Waals surface area contributed by atoms with Crippen molar-refractivity contribution in [1.29, 1.82) is 0 Å². The third-order valence-corrected chi connectivity index (χ3v) is 6.16. The first-order valence-electron chi connectivity index (χ1n) is 9.56. The fourth-order valence-corrected chi connectivity index (χ4v) is 4.65. The van der Waals surface area contributed by atoms with E-state index in [0.717, 1.165) is 58.2 Å². The minimum absolute atomic E-state index is 0.0531. The molecule has 3 rings (SSSR count). The Balaban J connectivity index is 1.48. The van der Waals surface area contributed by atoms with Crippen LogP contribution in [-0.4, -0.2) is 77.2 Å². The highest BCUT2D eigenvalue weighted by molar-refractivity contribution is 5.80. The molecule has 0 spiro atoms. The fourth-order valence-electron chi connectivity index (χ4n) is 4.65. The van der Waals surface area contributed by atoms with Gasteiger partial charge in [-0.15, -0.1) is 0 Å². The zero-order chi connectivity index (χ0) is 18.0. The molecule has 2 N–H and O–H groups in total. The van der Waals surface area contributed by atoms with Crippen molar-refractivity contribution in [3.8, 4) is 0 Å². The van der Waals surface area contributed by atoms with Crippen molar-refractivity contribution in [3.63, 3.8) is 0 Å². The molecule has 7 nitrogen and oxygen atoms in total. The van der Waals surface area contributed by atoms with Gasteiger partial charge in [0.15, 0.2) is 0 Å². The largest absolute Gasteiger partial charge is 0.368 e. The van der Waals surface area contributed by atoms with Gasteiger partial charge in [-0.2, -0.15) is 0 Å². The van der Waals surface area contributed by atoms with Gasteiger partial charge in [0.1, 0.15) is 0 Å². The van der Waals surface area contributed by atoms with Crippen LogP contribution in [0.5, 0.6) is 0 Å². The third-order valence-electron chi connectivity index (χ3n) is 6.16. The lowest BCUT2D eigenvalue weighted by molar-refractivity contribution is -0.141. The van der Waals surface area contributed by atoms with Gasteiger partial charge in [0.2, 0.25) is 17.7 Å². The van der Waals surface area contributed by atoms with Gasteiger partial charge in [0.05, 0.1) is 6.04 Å². The summed E-state index contributed by atoms with van der Waals surface area (Å²) in [5, 5.41) is 0. The first-order chi connectivity index (χ1) is 12.0. The average molecular weight is 350 g/mol. The summed E-state index contributed by atoms with van der Waals surface area (Å²) < 4.78 is 0. The molecule has 3 fully saturated rings. The van der Waals surface area contributed by atoms with Gasteiger partial charge in [-0.1, -0.05) is 0 Å². The van der Waals surface area contributed by atoms with E-state index in [0.29, 0.717) is 19.1 Å². The lowest BCUT2D eigenvalue weighted by Gasteiger charge is -2.40. The Hall–Kier alpha value is -1.63. The maximum atomic E-state index is 12.8. The summed E-state index contributed by atoms with van der Waals surface area (Å²) >= 11 is 0. The summed E-state index contributed by atoms with van der Waals surface area (Å²) in [6, 6.07) is 0.242. The molecule has 25 heavy (non-hydrogen) atoms. The molecule has 0 aromatic heterocycles. The Labute approximate surface area is 149 Å². The van der Waals surface area contributed by atoms with Crippen molar-refractivity contribution >= 4 is 17.7 Å². The molecule has 3 saturated heterocycles. The highest BCUT2D eigenvalue weighted by Gasteiger charge is 2.37. The quantitative estimate of drug-likeness (QED) is 0.787. The second-order valence-corrected chi connectivity index (χ2v) is 7.64. The van der Waals surface area contributed by atoms with Crippen LogP contribution in [-0.2, 0) is 14.4 Å². The molecule has 1 atom stereocenters. The average Bonchev–Trinajstić information content (AvgIpc) is 3.11. The monoisotopic (exact) mass is 350 g/mol. The molecule has 0 radical (unpaired) electrons. The van der Waals surface area contributed by atoms with Crippen molar-refractivity contribution in [1.82, 2.24) is 14.7 Å². The summed E-state index contributed by atoms with van der Waals surface area (Å²) in [4.78, 5) is 41.8. The van der Waals surface area contributed by atoms with E-state index in [1.807, 2.05) is 9.80 Å². The summed E-state index contributed by atoms with van der Waals surface area (Å²) in [6.07, 6.45) is 5.27. The van der Waals surface area contributed by atoms with E-state index < -0.39 is 0 Å². The van der Waals surface area contributed by atoms with Gasteiger partial charge >= 0.3 is 0 Å². The lowest BCUT2D eigenvalue weighted by Crippen LogP contribution is -2.52. The molecule has 7 heteroatoms. The number of rotatable bonds is 3. The van der Waals surface area contributed by atoms with Gasteiger partial charge in [-0.05, 0) is 45.1 Å². The van der Waals surface area contributed by atoms with E-state index >= 15 is 0 Å². The normalized spacial score (nSPS) is 26.8. The number of carbonyl (C=O) groups is 3. The van der Waals surface area contributed by atoms with Crippen LogP contribution in [0.3, 0.4) is 0 Å². The van der Waals surface area contributed by atoms with E-state index in [1.165, 1.54) is 0 Å². The molecule has 0 aliphatic carbocycles. The summed E-state index contributed by atoms with van der Waals surface area (Å²) in [7, 11) is 0. The number of piperidine rings is 2. The third kappa shape index (κ3) is 3.97. The molecule has 3 amide bonds. The molecule has 0 aromatic carbocycles. The minimum Gasteiger partial charge on any atom is -0.368 e. The van der Waals surface area contributed by atoms with Crippen LogP contribution in [0.4, 0.5) is 0 Å². The standard InChI is InChI=1S/C18H30N4O3/c1-13(23)20-9-4-14(5-10-20)18(25)21-11-6-15(7-12-21)22-8-2-3-16(22)17(19)24/h14-16H,2-12H2,1H3,(H2,19,24). The number of nitrogens with zero attached hydrogens (tertiary/aromatic N) is 3. The molecule has 1 unspecified atom stereocenters. The summed E-state index contributed by atoms with van der Waals surface area (Å²) in [5.74, 6) is 0.182. The van der Waals surface area contributed by atoms with Crippen LogP contribution >= 0.6 is 0 Å². The Kier molecular flexibility index (Phi) is 5.61. The van der Waals surface area contributed by atoms with Gasteiger partial charge in [-0.3, -0.25) is 19.3 Å². The highest BCUT2D eigenvalue weighted by atomic mass is 16.2. The number of likely N-dealkylation sites (tertiary alicyclic amines) is 3. The predicted octanol–water partition coefficient (Wildman–Crippen LogP) is 0.186. The Morgan fingerprint density at radius 3 is 2.00 bits per heavy atom. The number of amides is 3. The second-order valence-electron chi connectivity index (χ2n) is 7.64. The van der Waals surface area contributed by atoms with Crippen molar-refractivity contribution < 1.29 is 14.4 Å². The van der Waals surface area contributed by atoms with Gasteiger partial charge in [0, 0.05) is 45.1 Å². The highest BCUT2D eigenvalue weighted by Crippen LogP contribution is 2.27. The van der Waals surface area contributed by atoms with E-state index in [2.05, 4.69) is 4.90 Å². The van der Waals surface area contributed by atoms with Crippen molar-refractivity contribution in [2.75, 3.05) is 32.7 Å². The van der Waals surface area contributed by atoms with Gasteiger partial charge in [-0.25, -0.2) is 0 Å². The number of primary amides is 1. The van der Waals surface area contributed by atoms with Crippen LogP contribution in [0.25, 0.3) is 0 Å².